The minimum absolute atomic E-state index is 0.0551. The molecule has 0 aromatic heterocycles. The average molecular weight is 284 g/mol. The summed E-state index contributed by atoms with van der Waals surface area (Å²) < 4.78 is 5.16. The Morgan fingerprint density at radius 1 is 1.40 bits per heavy atom. The van der Waals surface area contributed by atoms with Crippen LogP contribution in [0.1, 0.15) is 39.0 Å². The molecule has 2 aliphatic rings. The largest absolute Gasteiger partial charge is 0.479 e. The summed E-state index contributed by atoms with van der Waals surface area (Å²) in [7, 11) is 0. The zero-order valence-electron chi connectivity index (χ0n) is 12.1. The fraction of sp³-hybridized carbons (Fsp3) is 0.857. The quantitative estimate of drug-likeness (QED) is 0.822. The van der Waals surface area contributed by atoms with E-state index >= 15 is 0 Å². The van der Waals surface area contributed by atoms with Gasteiger partial charge in [-0.05, 0) is 25.2 Å². The number of urea groups is 1. The van der Waals surface area contributed by atoms with Crippen LogP contribution in [-0.2, 0) is 9.53 Å². The zero-order valence-corrected chi connectivity index (χ0v) is 12.1. The molecular weight excluding hydrogens is 260 g/mol. The number of nitrogens with zero attached hydrogens (tertiary/aromatic N) is 1. The molecular formula is C14H24N2O4. The Bertz CT molecular complexity index is 366. The smallest absolute Gasteiger partial charge is 0.332 e. The van der Waals surface area contributed by atoms with E-state index in [1.54, 1.807) is 4.90 Å². The Labute approximate surface area is 119 Å². The first kappa shape index (κ1) is 15.1. The van der Waals surface area contributed by atoms with Gasteiger partial charge >= 0.3 is 12.0 Å². The van der Waals surface area contributed by atoms with E-state index in [0.29, 0.717) is 32.0 Å². The van der Waals surface area contributed by atoms with Crippen molar-refractivity contribution in [1.82, 2.24) is 10.2 Å². The van der Waals surface area contributed by atoms with Crippen molar-refractivity contribution < 1.29 is 19.4 Å². The number of likely N-dealkylation sites (tertiary alicyclic amines) is 1. The van der Waals surface area contributed by atoms with Gasteiger partial charge in [0.05, 0.1) is 6.61 Å². The number of aliphatic carboxylic acids is 1. The molecule has 2 N–H and O–H groups in total. The molecule has 6 heteroatoms. The maximum Gasteiger partial charge on any atom is 0.332 e. The Morgan fingerprint density at radius 2 is 2.20 bits per heavy atom. The van der Waals surface area contributed by atoms with Crippen LogP contribution in [0.15, 0.2) is 0 Å². The van der Waals surface area contributed by atoms with Gasteiger partial charge in [-0.1, -0.05) is 13.3 Å². The van der Waals surface area contributed by atoms with Crippen molar-refractivity contribution in [3.8, 4) is 0 Å². The summed E-state index contributed by atoms with van der Waals surface area (Å²) in [5.41, 5.74) is -1.24. The third kappa shape index (κ3) is 3.23. The third-order valence-electron chi connectivity index (χ3n) is 4.49. The highest BCUT2D eigenvalue weighted by Crippen LogP contribution is 2.22. The lowest BCUT2D eigenvalue weighted by Crippen LogP contribution is -2.58. The second-order valence-corrected chi connectivity index (χ2v) is 5.81. The fourth-order valence-corrected chi connectivity index (χ4v) is 2.95. The van der Waals surface area contributed by atoms with E-state index in [4.69, 9.17) is 4.74 Å². The number of ether oxygens (including phenoxy) is 1. The molecule has 2 heterocycles. The van der Waals surface area contributed by atoms with E-state index in [2.05, 4.69) is 12.2 Å². The van der Waals surface area contributed by atoms with Gasteiger partial charge in [0.2, 0.25) is 0 Å². The number of nitrogens with one attached hydrogen (secondary N) is 1. The molecule has 0 spiro atoms. The summed E-state index contributed by atoms with van der Waals surface area (Å²) in [5, 5.41) is 12.0. The molecule has 0 bridgehead atoms. The fourth-order valence-electron chi connectivity index (χ4n) is 2.95. The van der Waals surface area contributed by atoms with Crippen molar-refractivity contribution in [3.63, 3.8) is 0 Å². The second kappa shape index (κ2) is 6.43. The van der Waals surface area contributed by atoms with Crippen LogP contribution in [0.3, 0.4) is 0 Å². The summed E-state index contributed by atoms with van der Waals surface area (Å²) in [4.78, 5) is 25.5. The van der Waals surface area contributed by atoms with Crippen molar-refractivity contribution in [2.45, 2.75) is 44.6 Å². The zero-order chi connectivity index (χ0) is 14.6. The monoisotopic (exact) mass is 284 g/mol. The maximum atomic E-state index is 12.3. The average Bonchev–Trinajstić information content (AvgIpc) is 2.76. The number of carbonyl (C=O) groups excluding carboxylic acids is 1. The number of carboxylic acid groups (broad SMARTS) is 1. The number of amides is 2. The molecule has 0 saturated carbocycles. The summed E-state index contributed by atoms with van der Waals surface area (Å²) in [5.74, 6) is -0.333. The van der Waals surface area contributed by atoms with Gasteiger partial charge in [-0.3, -0.25) is 0 Å². The lowest BCUT2D eigenvalue weighted by Gasteiger charge is -2.28. The molecule has 0 aliphatic carbocycles. The van der Waals surface area contributed by atoms with Gasteiger partial charge in [0.15, 0.2) is 5.54 Å². The van der Waals surface area contributed by atoms with Gasteiger partial charge in [0, 0.05) is 26.1 Å². The van der Waals surface area contributed by atoms with Crippen LogP contribution in [0.25, 0.3) is 0 Å². The molecule has 2 rings (SSSR count). The van der Waals surface area contributed by atoms with Gasteiger partial charge < -0.3 is 20.1 Å². The summed E-state index contributed by atoms with van der Waals surface area (Å²) in [6.07, 6.45) is 4.61. The van der Waals surface area contributed by atoms with Crippen LogP contribution in [0.4, 0.5) is 4.79 Å². The molecule has 2 saturated heterocycles. The van der Waals surface area contributed by atoms with E-state index in [0.717, 1.165) is 25.7 Å². The van der Waals surface area contributed by atoms with Crippen molar-refractivity contribution in [3.05, 3.63) is 0 Å². The summed E-state index contributed by atoms with van der Waals surface area (Å²) in [6, 6.07) is -0.269. The molecule has 6 nitrogen and oxygen atoms in total. The van der Waals surface area contributed by atoms with Crippen LogP contribution in [0.2, 0.25) is 0 Å². The molecule has 2 atom stereocenters. The number of hydrogen-bond donors (Lipinski definition) is 2. The van der Waals surface area contributed by atoms with E-state index < -0.39 is 11.5 Å². The Hall–Kier alpha value is -1.30. The highest BCUT2D eigenvalue weighted by molar-refractivity contribution is 5.86. The first-order valence-electron chi connectivity index (χ1n) is 7.45. The van der Waals surface area contributed by atoms with Crippen molar-refractivity contribution >= 4 is 12.0 Å². The normalized spacial score (nSPS) is 30.9. The molecule has 0 aromatic rings. The van der Waals surface area contributed by atoms with Crippen LogP contribution < -0.4 is 5.32 Å². The van der Waals surface area contributed by atoms with E-state index in [1.807, 2.05) is 0 Å². The Morgan fingerprint density at radius 3 is 2.80 bits per heavy atom. The van der Waals surface area contributed by atoms with Crippen LogP contribution in [-0.4, -0.2) is 53.8 Å². The maximum absolute atomic E-state index is 12.3. The molecule has 2 fully saturated rings. The first-order valence-corrected chi connectivity index (χ1v) is 7.45. The molecule has 2 aliphatic heterocycles. The van der Waals surface area contributed by atoms with E-state index in [1.165, 1.54) is 0 Å². The predicted octanol–water partition coefficient (Wildman–Crippen LogP) is 1.45. The van der Waals surface area contributed by atoms with E-state index in [9.17, 15) is 14.7 Å². The number of hydrogen-bond acceptors (Lipinski definition) is 3. The van der Waals surface area contributed by atoms with Crippen LogP contribution in [0.5, 0.6) is 0 Å². The standard InChI is InChI=1S/C14H24N2O4/c1-2-11-4-3-7-16(8-5-11)13(19)15-14(12(17)18)6-9-20-10-14/h11H,2-10H2,1H3,(H,15,19)(H,17,18). The SMILES string of the molecule is CCC1CCCN(C(=O)NC2(C(=O)O)CCOC2)CC1. The molecule has 114 valence electrons. The van der Waals surface area contributed by atoms with Crippen molar-refractivity contribution in [1.29, 1.82) is 0 Å². The van der Waals surface area contributed by atoms with Gasteiger partial charge in [-0.2, -0.15) is 0 Å². The molecule has 0 aromatic carbocycles. The first-order chi connectivity index (χ1) is 9.57. The second-order valence-electron chi connectivity index (χ2n) is 5.81. The lowest BCUT2D eigenvalue weighted by molar-refractivity contribution is -0.144. The van der Waals surface area contributed by atoms with Crippen molar-refractivity contribution in [2.24, 2.45) is 5.92 Å². The number of rotatable bonds is 3. The molecule has 2 amide bonds. The Balaban J connectivity index is 1.95. The van der Waals surface area contributed by atoms with Gasteiger partial charge in [-0.25, -0.2) is 9.59 Å². The van der Waals surface area contributed by atoms with E-state index in [-0.39, 0.29) is 12.6 Å². The minimum Gasteiger partial charge on any atom is -0.479 e. The van der Waals surface area contributed by atoms with Gasteiger partial charge in [0.1, 0.15) is 0 Å². The minimum atomic E-state index is -1.24. The summed E-state index contributed by atoms with van der Waals surface area (Å²) in [6.45, 7) is 4.03. The predicted molar refractivity (Wildman–Crippen MR) is 73.5 cm³/mol. The highest BCUT2D eigenvalue weighted by Gasteiger charge is 2.44. The highest BCUT2D eigenvalue weighted by atomic mass is 16.5. The molecule has 0 radical (unpaired) electrons. The van der Waals surface area contributed by atoms with Gasteiger partial charge in [0.25, 0.3) is 0 Å². The summed E-state index contributed by atoms with van der Waals surface area (Å²) >= 11 is 0. The van der Waals surface area contributed by atoms with Crippen LogP contribution in [0, 0.1) is 5.92 Å². The molecule has 20 heavy (non-hydrogen) atoms. The van der Waals surface area contributed by atoms with Gasteiger partial charge in [-0.15, -0.1) is 0 Å². The topological polar surface area (TPSA) is 78.9 Å². The number of carbonyl (C=O) groups is 2. The third-order valence-corrected chi connectivity index (χ3v) is 4.49. The lowest BCUT2D eigenvalue weighted by atomic mass is 9.98. The van der Waals surface area contributed by atoms with Crippen molar-refractivity contribution in [2.75, 3.05) is 26.3 Å². The Kier molecular flexibility index (Phi) is 4.86. The molecule has 2 unspecified atom stereocenters. The van der Waals surface area contributed by atoms with Crippen LogP contribution >= 0.6 is 0 Å². The number of carboxylic acids is 1.